The van der Waals surface area contributed by atoms with Crippen molar-refractivity contribution in [2.24, 2.45) is 4.99 Å². The third-order valence-corrected chi connectivity index (χ3v) is 4.71. The van der Waals surface area contributed by atoms with E-state index in [1.165, 1.54) is 5.56 Å². The Bertz CT molecular complexity index is 565. The molecule has 0 bridgehead atoms. The van der Waals surface area contributed by atoms with Crippen molar-refractivity contribution >= 4 is 16.9 Å². The molecule has 110 valence electrons. The number of thioether (sulfide) groups is 1. The number of aryl methyl sites for hydroxylation is 1. The quantitative estimate of drug-likeness (QED) is 0.834. The van der Waals surface area contributed by atoms with Crippen LogP contribution in [0.1, 0.15) is 23.7 Å². The molecule has 1 atom stereocenters. The van der Waals surface area contributed by atoms with Crippen molar-refractivity contribution in [3.8, 4) is 0 Å². The summed E-state index contributed by atoms with van der Waals surface area (Å²) >= 11 is 1.84. The van der Waals surface area contributed by atoms with Crippen LogP contribution in [-0.4, -0.2) is 27.8 Å². The number of nitrogens with one attached hydrogen (secondary N) is 1. The number of imidazole rings is 1. The molecule has 0 amide bonds. The second kappa shape index (κ2) is 7.31. The lowest BCUT2D eigenvalue weighted by molar-refractivity contribution is 0.603. The molecule has 0 saturated carbocycles. The first-order chi connectivity index (χ1) is 10.4. The molecule has 0 aliphatic carbocycles. The average molecular weight is 300 g/mol. The molecule has 2 heterocycles. The Hall–Kier alpha value is -1.75. The Balaban J connectivity index is 1.34. The van der Waals surface area contributed by atoms with Gasteiger partial charge in [-0.2, -0.15) is 0 Å². The van der Waals surface area contributed by atoms with Crippen molar-refractivity contribution in [2.45, 2.75) is 24.6 Å². The molecule has 0 fully saturated rings. The molecule has 0 spiro atoms. The SMILES string of the molecule is c1ccc(C2CN=C(NCCCCn3ccnc3)S2)cc1. The van der Waals surface area contributed by atoms with Gasteiger partial charge in [-0.1, -0.05) is 42.1 Å². The van der Waals surface area contributed by atoms with Gasteiger partial charge in [-0.15, -0.1) is 0 Å². The Labute approximate surface area is 129 Å². The Kier molecular flexibility index (Phi) is 4.94. The summed E-state index contributed by atoms with van der Waals surface area (Å²) < 4.78 is 2.12. The van der Waals surface area contributed by atoms with Gasteiger partial charge in [0.15, 0.2) is 5.17 Å². The maximum absolute atomic E-state index is 4.59. The molecular weight excluding hydrogens is 280 g/mol. The van der Waals surface area contributed by atoms with Crippen molar-refractivity contribution in [3.63, 3.8) is 0 Å². The van der Waals surface area contributed by atoms with E-state index in [2.05, 4.69) is 50.2 Å². The molecule has 1 aliphatic rings. The van der Waals surface area contributed by atoms with E-state index < -0.39 is 0 Å². The molecule has 5 heteroatoms. The van der Waals surface area contributed by atoms with Crippen LogP contribution in [0.15, 0.2) is 54.0 Å². The van der Waals surface area contributed by atoms with Gasteiger partial charge in [0.1, 0.15) is 0 Å². The molecule has 1 unspecified atom stereocenters. The van der Waals surface area contributed by atoms with Crippen molar-refractivity contribution in [2.75, 3.05) is 13.1 Å². The van der Waals surface area contributed by atoms with E-state index in [4.69, 9.17) is 0 Å². The van der Waals surface area contributed by atoms with Gasteiger partial charge in [-0.05, 0) is 18.4 Å². The molecule has 1 N–H and O–H groups in total. The monoisotopic (exact) mass is 300 g/mol. The second-order valence-electron chi connectivity index (χ2n) is 5.10. The summed E-state index contributed by atoms with van der Waals surface area (Å²) in [6, 6.07) is 10.6. The van der Waals surface area contributed by atoms with Crippen LogP contribution in [0.25, 0.3) is 0 Å². The Morgan fingerprint density at radius 2 is 2.14 bits per heavy atom. The Morgan fingerprint density at radius 1 is 1.24 bits per heavy atom. The number of hydrogen-bond acceptors (Lipinski definition) is 4. The van der Waals surface area contributed by atoms with Gasteiger partial charge in [0.05, 0.1) is 18.1 Å². The molecule has 21 heavy (non-hydrogen) atoms. The van der Waals surface area contributed by atoms with Crippen LogP contribution in [0.2, 0.25) is 0 Å². The van der Waals surface area contributed by atoms with Gasteiger partial charge in [0.25, 0.3) is 0 Å². The highest BCUT2D eigenvalue weighted by molar-refractivity contribution is 8.14. The van der Waals surface area contributed by atoms with Crippen LogP contribution >= 0.6 is 11.8 Å². The van der Waals surface area contributed by atoms with Crippen molar-refractivity contribution in [3.05, 3.63) is 54.6 Å². The molecule has 1 aliphatic heterocycles. The summed E-state index contributed by atoms with van der Waals surface area (Å²) in [5, 5.41) is 5.01. The summed E-state index contributed by atoms with van der Waals surface area (Å²) in [7, 11) is 0. The summed E-state index contributed by atoms with van der Waals surface area (Å²) in [4.78, 5) is 8.64. The molecule has 2 aromatic rings. The van der Waals surface area contributed by atoms with Crippen LogP contribution < -0.4 is 5.32 Å². The maximum atomic E-state index is 4.59. The lowest BCUT2D eigenvalue weighted by Gasteiger charge is -2.09. The summed E-state index contributed by atoms with van der Waals surface area (Å²) in [5.41, 5.74) is 1.36. The number of benzene rings is 1. The van der Waals surface area contributed by atoms with Crippen molar-refractivity contribution < 1.29 is 0 Å². The summed E-state index contributed by atoms with van der Waals surface area (Å²) in [6.45, 7) is 2.90. The third kappa shape index (κ3) is 4.11. The summed E-state index contributed by atoms with van der Waals surface area (Å²) in [5.74, 6) is 0. The van der Waals surface area contributed by atoms with Gasteiger partial charge >= 0.3 is 0 Å². The first-order valence-corrected chi connectivity index (χ1v) is 8.25. The number of hydrogen-bond donors (Lipinski definition) is 1. The zero-order valence-corrected chi connectivity index (χ0v) is 12.8. The van der Waals surface area contributed by atoms with Crippen LogP contribution in [0.3, 0.4) is 0 Å². The fourth-order valence-corrected chi connectivity index (χ4v) is 3.39. The molecule has 1 aromatic heterocycles. The number of amidine groups is 1. The zero-order chi connectivity index (χ0) is 14.3. The normalized spacial score (nSPS) is 17.7. The van der Waals surface area contributed by atoms with Crippen LogP contribution in [-0.2, 0) is 6.54 Å². The van der Waals surface area contributed by atoms with Gasteiger partial charge in [0.2, 0.25) is 0 Å². The molecule has 3 rings (SSSR count). The summed E-state index contributed by atoms with van der Waals surface area (Å²) in [6.07, 6.45) is 8.01. The average Bonchev–Trinajstić information content (AvgIpc) is 3.19. The lowest BCUT2D eigenvalue weighted by Crippen LogP contribution is -2.20. The number of aromatic nitrogens is 2. The van der Waals surface area contributed by atoms with E-state index >= 15 is 0 Å². The first-order valence-electron chi connectivity index (χ1n) is 7.37. The highest BCUT2D eigenvalue weighted by atomic mass is 32.2. The highest BCUT2D eigenvalue weighted by Crippen LogP contribution is 2.34. The smallest absolute Gasteiger partial charge is 0.157 e. The van der Waals surface area contributed by atoms with E-state index in [1.807, 2.05) is 30.5 Å². The Morgan fingerprint density at radius 3 is 2.95 bits per heavy atom. The van der Waals surface area contributed by atoms with E-state index in [9.17, 15) is 0 Å². The molecule has 0 saturated heterocycles. The molecule has 0 radical (unpaired) electrons. The van der Waals surface area contributed by atoms with Crippen molar-refractivity contribution in [1.29, 1.82) is 0 Å². The van der Waals surface area contributed by atoms with E-state index in [0.29, 0.717) is 5.25 Å². The molecule has 1 aromatic carbocycles. The minimum absolute atomic E-state index is 0.472. The van der Waals surface area contributed by atoms with Gasteiger partial charge in [-0.3, -0.25) is 4.99 Å². The number of unbranched alkanes of at least 4 members (excludes halogenated alkanes) is 1. The molecule has 4 nitrogen and oxygen atoms in total. The minimum Gasteiger partial charge on any atom is -0.365 e. The van der Waals surface area contributed by atoms with Gasteiger partial charge in [0, 0.05) is 25.5 Å². The van der Waals surface area contributed by atoms with E-state index in [1.54, 1.807) is 0 Å². The topological polar surface area (TPSA) is 42.2 Å². The van der Waals surface area contributed by atoms with Crippen molar-refractivity contribution in [1.82, 2.24) is 14.9 Å². The van der Waals surface area contributed by atoms with Gasteiger partial charge in [-0.25, -0.2) is 4.98 Å². The predicted molar refractivity (Wildman–Crippen MR) is 88.5 cm³/mol. The standard InChI is InChI=1S/C16H20N4S/c1-2-6-14(7-3-1)15-12-19-16(21-15)18-8-4-5-10-20-11-9-17-13-20/h1-3,6-7,9,11,13,15H,4-5,8,10,12H2,(H,18,19). The van der Waals surface area contributed by atoms with E-state index in [-0.39, 0.29) is 0 Å². The largest absolute Gasteiger partial charge is 0.365 e. The third-order valence-electron chi connectivity index (χ3n) is 3.50. The zero-order valence-electron chi connectivity index (χ0n) is 12.0. The number of aliphatic imine (C=N–C) groups is 1. The number of nitrogens with zero attached hydrogens (tertiary/aromatic N) is 3. The lowest BCUT2D eigenvalue weighted by atomic mass is 10.1. The fourth-order valence-electron chi connectivity index (χ4n) is 2.35. The van der Waals surface area contributed by atoms with Crippen LogP contribution in [0.4, 0.5) is 0 Å². The van der Waals surface area contributed by atoms with Gasteiger partial charge < -0.3 is 9.88 Å². The van der Waals surface area contributed by atoms with Crippen LogP contribution in [0, 0.1) is 0 Å². The molecular formula is C16H20N4S. The first kappa shape index (κ1) is 14.2. The van der Waals surface area contributed by atoms with Crippen LogP contribution in [0.5, 0.6) is 0 Å². The maximum Gasteiger partial charge on any atom is 0.157 e. The number of rotatable bonds is 6. The van der Waals surface area contributed by atoms with E-state index in [0.717, 1.165) is 37.6 Å². The second-order valence-corrected chi connectivity index (χ2v) is 6.29. The minimum atomic E-state index is 0.472. The fraction of sp³-hybridized carbons (Fsp3) is 0.375. The predicted octanol–water partition coefficient (Wildman–Crippen LogP) is 3.10. The highest BCUT2D eigenvalue weighted by Gasteiger charge is 2.20.